The summed E-state index contributed by atoms with van der Waals surface area (Å²) in [6.45, 7) is 0.435. The van der Waals surface area contributed by atoms with Crippen LogP contribution in [-0.4, -0.2) is 43.9 Å². The van der Waals surface area contributed by atoms with Crippen molar-refractivity contribution in [1.82, 2.24) is 9.62 Å². The lowest BCUT2D eigenvalue weighted by Crippen LogP contribution is -2.47. The summed E-state index contributed by atoms with van der Waals surface area (Å²) in [5.41, 5.74) is 0.778. The second kappa shape index (κ2) is 9.51. The lowest BCUT2D eigenvalue weighted by Gasteiger charge is -2.34. The number of alkyl halides is 3. The van der Waals surface area contributed by atoms with E-state index in [4.69, 9.17) is 0 Å². The normalized spacial score (nSPS) is 24.8. The Balaban J connectivity index is 1.50. The van der Waals surface area contributed by atoms with Crippen LogP contribution in [0.2, 0.25) is 0 Å². The number of benzene rings is 1. The molecule has 30 heavy (non-hydrogen) atoms. The number of nitrogens with one attached hydrogen (secondary N) is 1. The number of sulfonamides is 1. The summed E-state index contributed by atoms with van der Waals surface area (Å²) in [4.78, 5) is 12.5. The van der Waals surface area contributed by atoms with Crippen molar-refractivity contribution < 1.29 is 26.4 Å². The molecule has 9 heteroatoms. The SMILES string of the molecule is O=C(NC1CCCC(C(F)(F)F)C1)C1CCN(S(=O)(=O)/C=C/c2ccccc2)CC1. The summed E-state index contributed by atoms with van der Waals surface area (Å²) < 4.78 is 65.2. The van der Waals surface area contributed by atoms with Gasteiger partial charge in [0.2, 0.25) is 15.9 Å². The van der Waals surface area contributed by atoms with Crippen molar-refractivity contribution in [3.63, 3.8) is 0 Å². The summed E-state index contributed by atoms with van der Waals surface area (Å²) in [5, 5.41) is 3.94. The van der Waals surface area contributed by atoms with Crippen molar-refractivity contribution in [2.45, 2.75) is 50.7 Å². The van der Waals surface area contributed by atoms with Crippen molar-refractivity contribution in [2.75, 3.05) is 13.1 Å². The predicted octanol–water partition coefficient (Wildman–Crippen LogP) is 3.94. The van der Waals surface area contributed by atoms with Crippen LogP contribution in [0, 0.1) is 11.8 Å². The fourth-order valence-corrected chi connectivity index (χ4v) is 5.35. The van der Waals surface area contributed by atoms with E-state index in [9.17, 15) is 26.4 Å². The first-order valence-corrected chi connectivity index (χ1v) is 11.8. The van der Waals surface area contributed by atoms with Crippen LogP contribution in [0.3, 0.4) is 0 Å². The Morgan fingerprint density at radius 1 is 1.07 bits per heavy atom. The van der Waals surface area contributed by atoms with Crippen molar-refractivity contribution in [3.8, 4) is 0 Å². The number of nitrogens with zero attached hydrogens (tertiary/aromatic N) is 1. The minimum Gasteiger partial charge on any atom is -0.353 e. The lowest BCUT2D eigenvalue weighted by atomic mass is 9.84. The number of carbonyl (C=O) groups is 1. The molecule has 5 nitrogen and oxygen atoms in total. The van der Waals surface area contributed by atoms with Crippen LogP contribution < -0.4 is 5.32 Å². The van der Waals surface area contributed by atoms with Gasteiger partial charge in [-0.25, -0.2) is 8.42 Å². The van der Waals surface area contributed by atoms with Gasteiger partial charge in [0.25, 0.3) is 0 Å². The lowest BCUT2D eigenvalue weighted by molar-refractivity contribution is -0.184. The molecule has 1 aliphatic carbocycles. The molecule has 2 atom stereocenters. The van der Waals surface area contributed by atoms with E-state index in [1.807, 2.05) is 18.2 Å². The zero-order valence-electron chi connectivity index (χ0n) is 16.6. The first-order chi connectivity index (χ1) is 14.1. The zero-order chi connectivity index (χ0) is 21.8. The summed E-state index contributed by atoms with van der Waals surface area (Å²) in [6.07, 6.45) is -0.936. The minimum atomic E-state index is -4.23. The number of amides is 1. The van der Waals surface area contributed by atoms with Crippen molar-refractivity contribution in [3.05, 3.63) is 41.3 Å². The molecule has 1 aromatic carbocycles. The van der Waals surface area contributed by atoms with Crippen LogP contribution in [0.15, 0.2) is 35.7 Å². The highest BCUT2D eigenvalue weighted by Crippen LogP contribution is 2.37. The van der Waals surface area contributed by atoms with E-state index in [2.05, 4.69) is 5.32 Å². The number of rotatable bonds is 5. The maximum atomic E-state index is 13.0. The second-order valence-electron chi connectivity index (χ2n) is 8.04. The molecule has 1 amide bonds. The molecule has 1 saturated heterocycles. The minimum absolute atomic E-state index is 0.0766. The number of piperidine rings is 1. The standard InChI is InChI=1S/C21H27F3N2O3S/c22-21(23,24)18-7-4-8-19(15-18)25-20(27)17-9-12-26(13-10-17)30(28,29)14-11-16-5-2-1-3-6-16/h1-3,5-6,11,14,17-19H,4,7-10,12-13,15H2,(H,25,27)/b14-11+. The summed E-state index contributed by atoms with van der Waals surface area (Å²) in [7, 11) is -3.59. The highest BCUT2D eigenvalue weighted by molar-refractivity contribution is 7.92. The molecule has 0 spiro atoms. The highest BCUT2D eigenvalue weighted by Gasteiger charge is 2.42. The summed E-state index contributed by atoms with van der Waals surface area (Å²) in [6, 6.07) is 8.62. The highest BCUT2D eigenvalue weighted by atomic mass is 32.2. The first kappa shape index (κ1) is 22.8. The van der Waals surface area contributed by atoms with E-state index >= 15 is 0 Å². The van der Waals surface area contributed by atoms with Gasteiger partial charge in [-0.1, -0.05) is 36.8 Å². The third-order valence-corrected chi connectivity index (χ3v) is 7.47. The fourth-order valence-electron chi connectivity index (χ4n) is 4.12. The maximum Gasteiger partial charge on any atom is 0.391 e. The Morgan fingerprint density at radius 3 is 2.37 bits per heavy atom. The molecule has 2 fully saturated rings. The topological polar surface area (TPSA) is 66.5 Å². The van der Waals surface area contributed by atoms with Gasteiger partial charge in [0, 0.05) is 30.5 Å². The van der Waals surface area contributed by atoms with Crippen LogP contribution in [-0.2, 0) is 14.8 Å². The van der Waals surface area contributed by atoms with Crippen molar-refractivity contribution in [1.29, 1.82) is 0 Å². The molecule has 166 valence electrons. The van der Waals surface area contributed by atoms with Gasteiger partial charge in [-0.3, -0.25) is 4.79 Å². The molecule has 1 saturated carbocycles. The van der Waals surface area contributed by atoms with Gasteiger partial charge in [-0.15, -0.1) is 0 Å². The van der Waals surface area contributed by atoms with E-state index in [0.29, 0.717) is 25.7 Å². The van der Waals surface area contributed by atoms with Crippen LogP contribution in [0.4, 0.5) is 13.2 Å². The monoisotopic (exact) mass is 444 g/mol. The molecule has 1 heterocycles. The van der Waals surface area contributed by atoms with Gasteiger partial charge in [-0.2, -0.15) is 17.5 Å². The molecule has 1 N–H and O–H groups in total. The van der Waals surface area contributed by atoms with Crippen molar-refractivity contribution >= 4 is 22.0 Å². The van der Waals surface area contributed by atoms with Crippen LogP contribution in [0.1, 0.15) is 44.1 Å². The summed E-state index contributed by atoms with van der Waals surface area (Å²) >= 11 is 0. The molecule has 2 unspecified atom stereocenters. The summed E-state index contributed by atoms with van der Waals surface area (Å²) in [5.74, 6) is -2.00. The number of hydrogen-bond acceptors (Lipinski definition) is 3. The van der Waals surface area contributed by atoms with E-state index in [1.165, 1.54) is 15.8 Å². The maximum absolute atomic E-state index is 13.0. The largest absolute Gasteiger partial charge is 0.391 e. The van der Waals surface area contributed by atoms with Crippen LogP contribution >= 0.6 is 0 Å². The van der Waals surface area contributed by atoms with E-state index < -0.39 is 28.2 Å². The average molecular weight is 445 g/mol. The Morgan fingerprint density at radius 2 is 1.73 bits per heavy atom. The smallest absolute Gasteiger partial charge is 0.353 e. The molecular formula is C21H27F3N2O3S. The van der Waals surface area contributed by atoms with Gasteiger partial charge in [0.1, 0.15) is 0 Å². The number of hydrogen-bond donors (Lipinski definition) is 1. The third-order valence-electron chi connectivity index (χ3n) is 5.90. The van der Waals surface area contributed by atoms with Gasteiger partial charge in [0.15, 0.2) is 0 Å². The van der Waals surface area contributed by atoms with Crippen LogP contribution in [0.25, 0.3) is 6.08 Å². The Bertz CT molecular complexity index is 848. The molecule has 0 radical (unpaired) electrons. The van der Waals surface area contributed by atoms with Crippen LogP contribution in [0.5, 0.6) is 0 Å². The zero-order valence-corrected chi connectivity index (χ0v) is 17.5. The molecule has 0 aromatic heterocycles. The second-order valence-corrected chi connectivity index (χ2v) is 9.86. The average Bonchev–Trinajstić information content (AvgIpc) is 2.73. The molecule has 1 aromatic rings. The van der Waals surface area contributed by atoms with E-state index in [-0.39, 0.29) is 37.8 Å². The fraction of sp³-hybridized carbons (Fsp3) is 0.571. The number of carbonyl (C=O) groups excluding carboxylic acids is 1. The Hall–Kier alpha value is -1.87. The Kier molecular flexibility index (Phi) is 7.23. The number of halogens is 3. The molecule has 3 rings (SSSR count). The predicted molar refractivity (Wildman–Crippen MR) is 109 cm³/mol. The van der Waals surface area contributed by atoms with Gasteiger partial charge < -0.3 is 5.32 Å². The Labute approximate surface area is 175 Å². The molecule has 2 aliphatic rings. The van der Waals surface area contributed by atoms with Gasteiger partial charge >= 0.3 is 6.18 Å². The molecular weight excluding hydrogens is 417 g/mol. The van der Waals surface area contributed by atoms with E-state index in [0.717, 1.165) is 5.56 Å². The molecule has 1 aliphatic heterocycles. The van der Waals surface area contributed by atoms with E-state index in [1.54, 1.807) is 12.1 Å². The first-order valence-electron chi connectivity index (χ1n) is 10.3. The van der Waals surface area contributed by atoms with Crippen molar-refractivity contribution in [2.24, 2.45) is 11.8 Å². The quantitative estimate of drug-likeness (QED) is 0.748. The third kappa shape index (κ3) is 6.07. The van der Waals surface area contributed by atoms with Gasteiger partial charge in [0.05, 0.1) is 5.92 Å². The molecule has 0 bridgehead atoms. The van der Waals surface area contributed by atoms with Gasteiger partial charge in [-0.05, 0) is 43.7 Å².